The molecule has 0 spiro atoms. The van der Waals surface area contributed by atoms with Crippen molar-refractivity contribution in [1.29, 1.82) is 0 Å². The topological polar surface area (TPSA) is 9.72 Å². The van der Waals surface area contributed by atoms with E-state index >= 15 is 0 Å². The monoisotopic (exact) mass is 261 g/mol. The molecular weight excluding hydrogens is 234 g/mol. The van der Waals surface area contributed by atoms with E-state index < -0.39 is 0 Å². The number of nitrogens with zero attached hydrogens (tertiary/aromatic N) is 3. The number of benzene rings is 1. The van der Waals surface area contributed by atoms with E-state index in [0.29, 0.717) is 6.04 Å². The molecule has 19 heavy (non-hydrogen) atoms. The first-order chi connectivity index (χ1) is 9.15. The lowest BCUT2D eigenvalue weighted by Crippen LogP contribution is -2.50. The van der Waals surface area contributed by atoms with E-state index in [1.165, 1.54) is 31.6 Å². The molecule has 2 rings (SSSR count). The van der Waals surface area contributed by atoms with Gasteiger partial charge >= 0.3 is 0 Å². The highest BCUT2D eigenvalue weighted by molar-refractivity contribution is 5.14. The molecule has 106 valence electrons. The summed E-state index contributed by atoms with van der Waals surface area (Å²) in [6.45, 7) is 5.82. The van der Waals surface area contributed by atoms with Crippen molar-refractivity contribution < 1.29 is 0 Å². The molecule has 3 heteroatoms. The zero-order valence-electron chi connectivity index (χ0n) is 12.5. The average Bonchev–Trinajstić information content (AvgIpc) is 2.41. The van der Waals surface area contributed by atoms with Gasteiger partial charge in [0.1, 0.15) is 0 Å². The highest BCUT2D eigenvalue weighted by atomic mass is 15.3. The van der Waals surface area contributed by atoms with Gasteiger partial charge in [0.2, 0.25) is 0 Å². The van der Waals surface area contributed by atoms with Gasteiger partial charge in [-0.15, -0.1) is 0 Å². The fourth-order valence-corrected chi connectivity index (χ4v) is 2.76. The van der Waals surface area contributed by atoms with Gasteiger partial charge < -0.3 is 14.7 Å². The van der Waals surface area contributed by atoms with Crippen molar-refractivity contribution in [3.63, 3.8) is 0 Å². The summed E-state index contributed by atoms with van der Waals surface area (Å²) in [7, 11) is 6.71. The van der Waals surface area contributed by atoms with Crippen LogP contribution in [0.25, 0.3) is 0 Å². The van der Waals surface area contributed by atoms with E-state index in [9.17, 15) is 0 Å². The molecule has 1 atom stereocenters. The number of rotatable bonds is 5. The second kappa shape index (κ2) is 7.04. The van der Waals surface area contributed by atoms with E-state index in [1.54, 1.807) is 0 Å². The molecule has 1 aromatic carbocycles. The number of piperazine rings is 1. The van der Waals surface area contributed by atoms with Gasteiger partial charge in [0, 0.05) is 32.2 Å². The van der Waals surface area contributed by atoms with Crippen LogP contribution in [0.1, 0.15) is 12.0 Å². The number of hydrogen-bond acceptors (Lipinski definition) is 3. The van der Waals surface area contributed by atoms with Gasteiger partial charge in [0.15, 0.2) is 0 Å². The molecule has 1 fully saturated rings. The Hall–Kier alpha value is -0.900. The minimum atomic E-state index is 0.706. The van der Waals surface area contributed by atoms with Crippen LogP contribution in [0.3, 0.4) is 0 Å². The van der Waals surface area contributed by atoms with Crippen LogP contribution < -0.4 is 0 Å². The van der Waals surface area contributed by atoms with Crippen molar-refractivity contribution in [3.8, 4) is 0 Å². The van der Waals surface area contributed by atoms with Gasteiger partial charge in [-0.2, -0.15) is 0 Å². The van der Waals surface area contributed by atoms with Crippen LogP contribution in [0.4, 0.5) is 0 Å². The summed E-state index contributed by atoms with van der Waals surface area (Å²) in [6.07, 6.45) is 1.25. The summed E-state index contributed by atoms with van der Waals surface area (Å²) < 4.78 is 0. The minimum Gasteiger partial charge on any atom is -0.304 e. The fourth-order valence-electron chi connectivity index (χ4n) is 2.76. The molecule has 0 aromatic heterocycles. The molecule has 1 heterocycles. The third-order valence-corrected chi connectivity index (χ3v) is 4.12. The molecule has 1 aliphatic heterocycles. The molecule has 1 saturated heterocycles. The molecule has 1 aliphatic rings. The Morgan fingerprint density at radius 2 is 1.89 bits per heavy atom. The summed E-state index contributed by atoms with van der Waals surface area (Å²) in [5.41, 5.74) is 1.40. The molecule has 1 aromatic rings. The van der Waals surface area contributed by atoms with Crippen molar-refractivity contribution in [3.05, 3.63) is 35.9 Å². The maximum Gasteiger partial charge on any atom is 0.0232 e. The van der Waals surface area contributed by atoms with Gasteiger partial charge in [-0.05, 0) is 39.7 Å². The first-order valence-electron chi connectivity index (χ1n) is 7.26. The minimum absolute atomic E-state index is 0.706. The second-order valence-electron chi connectivity index (χ2n) is 5.91. The maximum absolute atomic E-state index is 2.51. The molecule has 0 N–H and O–H groups in total. The largest absolute Gasteiger partial charge is 0.304 e. The lowest BCUT2D eigenvalue weighted by molar-refractivity contribution is 0.101. The Morgan fingerprint density at radius 3 is 2.63 bits per heavy atom. The van der Waals surface area contributed by atoms with Crippen molar-refractivity contribution in [2.24, 2.45) is 0 Å². The zero-order valence-corrected chi connectivity index (χ0v) is 12.5. The van der Waals surface area contributed by atoms with Gasteiger partial charge in [-0.25, -0.2) is 0 Å². The Bertz CT molecular complexity index is 366. The van der Waals surface area contributed by atoms with Crippen LogP contribution in [0, 0.1) is 0 Å². The molecule has 0 bridgehead atoms. The van der Waals surface area contributed by atoms with E-state index in [2.05, 4.69) is 66.2 Å². The lowest BCUT2D eigenvalue weighted by Gasteiger charge is -2.38. The quantitative estimate of drug-likeness (QED) is 0.799. The van der Waals surface area contributed by atoms with Crippen LogP contribution >= 0.6 is 0 Å². The highest BCUT2D eigenvalue weighted by Crippen LogP contribution is 2.11. The van der Waals surface area contributed by atoms with Crippen molar-refractivity contribution in [2.75, 3.05) is 47.3 Å². The van der Waals surface area contributed by atoms with Gasteiger partial charge in [0.05, 0.1) is 0 Å². The Labute approximate surface area is 117 Å². The molecular formula is C16H27N3. The summed E-state index contributed by atoms with van der Waals surface area (Å²) in [5, 5.41) is 0. The van der Waals surface area contributed by atoms with Gasteiger partial charge in [-0.3, -0.25) is 0 Å². The van der Waals surface area contributed by atoms with Crippen LogP contribution in [-0.2, 0) is 6.54 Å². The summed E-state index contributed by atoms with van der Waals surface area (Å²) in [5.74, 6) is 0. The summed E-state index contributed by atoms with van der Waals surface area (Å²) in [6, 6.07) is 11.4. The third-order valence-electron chi connectivity index (χ3n) is 4.12. The molecule has 0 amide bonds. The first-order valence-corrected chi connectivity index (χ1v) is 7.26. The van der Waals surface area contributed by atoms with E-state index in [1.807, 2.05) is 0 Å². The summed E-state index contributed by atoms with van der Waals surface area (Å²) >= 11 is 0. The lowest BCUT2D eigenvalue weighted by atomic mass is 10.1. The van der Waals surface area contributed by atoms with Crippen LogP contribution in [0.2, 0.25) is 0 Å². The SMILES string of the molecule is CN(CCC1CN(C)CCN1C)Cc1ccccc1. The fraction of sp³-hybridized carbons (Fsp3) is 0.625. The van der Waals surface area contributed by atoms with Crippen LogP contribution in [-0.4, -0.2) is 68.1 Å². The normalized spacial score (nSPS) is 22.0. The standard InChI is InChI=1S/C16H27N3/c1-17(13-15-7-5-4-6-8-15)10-9-16-14-18(2)11-12-19(16)3/h4-8,16H,9-14H2,1-3H3. The van der Waals surface area contributed by atoms with Crippen LogP contribution in [0.15, 0.2) is 30.3 Å². The number of likely N-dealkylation sites (N-methyl/N-ethyl adjacent to an activating group) is 2. The van der Waals surface area contributed by atoms with E-state index in [-0.39, 0.29) is 0 Å². The smallest absolute Gasteiger partial charge is 0.0232 e. The first kappa shape index (κ1) is 14.5. The number of hydrogen-bond donors (Lipinski definition) is 0. The third kappa shape index (κ3) is 4.60. The van der Waals surface area contributed by atoms with Crippen LogP contribution in [0.5, 0.6) is 0 Å². The van der Waals surface area contributed by atoms with Crippen molar-refractivity contribution in [2.45, 2.75) is 19.0 Å². The second-order valence-corrected chi connectivity index (χ2v) is 5.91. The van der Waals surface area contributed by atoms with Crippen molar-refractivity contribution >= 4 is 0 Å². The predicted octanol–water partition coefficient (Wildman–Crippen LogP) is 1.75. The van der Waals surface area contributed by atoms with E-state index in [4.69, 9.17) is 0 Å². The van der Waals surface area contributed by atoms with E-state index in [0.717, 1.165) is 13.1 Å². The molecule has 3 nitrogen and oxygen atoms in total. The Kier molecular flexibility index (Phi) is 5.37. The Balaban J connectivity index is 1.75. The van der Waals surface area contributed by atoms with Crippen molar-refractivity contribution in [1.82, 2.24) is 14.7 Å². The summed E-state index contributed by atoms with van der Waals surface area (Å²) in [4.78, 5) is 7.38. The zero-order chi connectivity index (χ0) is 13.7. The molecule has 1 unspecified atom stereocenters. The van der Waals surface area contributed by atoms with Gasteiger partial charge in [0.25, 0.3) is 0 Å². The maximum atomic E-state index is 2.51. The Morgan fingerprint density at radius 1 is 1.16 bits per heavy atom. The van der Waals surface area contributed by atoms with Gasteiger partial charge in [-0.1, -0.05) is 30.3 Å². The molecule has 0 radical (unpaired) electrons. The molecule has 0 aliphatic carbocycles. The molecule has 0 saturated carbocycles. The average molecular weight is 261 g/mol. The highest BCUT2D eigenvalue weighted by Gasteiger charge is 2.21. The predicted molar refractivity (Wildman–Crippen MR) is 81.3 cm³/mol.